The van der Waals surface area contributed by atoms with Gasteiger partial charge in [-0.05, 0) is 12.1 Å². The van der Waals surface area contributed by atoms with Crippen molar-refractivity contribution in [3.8, 4) is 0 Å². The average molecular weight is 117 g/mol. The fraction of sp³-hybridized carbons (Fsp3) is 1.00. The molecule has 0 aliphatic rings. The Morgan fingerprint density at radius 3 is 2.43 bits per heavy atom. The molecule has 2 N–H and O–H groups in total. The maximum absolute atomic E-state index is 5.65. The zero-order chi connectivity index (χ0) is 5.70. The number of hydrogen-bond donors (Lipinski definition) is 1. The summed E-state index contributed by atoms with van der Waals surface area (Å²) in [6.45, 7) is 4.45. The lowest BCUT2D eigenvalue weighted by Crippen LogP contribution is -2.24. The van der Waals surface area contributed by atoms with Crippen molar-refractivity contribution in [2.45, 2.75) is 32.0 Å². The van der Waals surface area contributed by atoms with Crippen LogP contribution in [0.15, 0.2) is 0 Å². The van der Waals surface area contributed by atoms with Crippen LogP contribution in [-0.2, 0) is 0 Å². The third-order valence-corrected chi connectivity index (χ3v) is 2.64. The van der Waals surface area contributed by atoms with E-state index in [1.807, 2.05) is 0 Å². The van der Waals surface area contributed by atoms with Gasteiger partial charge in [-0.25, -0.2) is 0 Å². The molecule has 0 spiro atoms. The molecule has 0 saturated heterocycles. The van der Waals surface area contributed by atoms with Crippen molar-refractivity contribution in [3.05, 3.63) is 0 Å². The van der Waals surface area contributed by atoms with Gasteiger partial charge in [0.2, 0.25) is 0 Å². The quantitative estimate of drug-likeness (QED) is 0.528. The van der Waals surface area contributed by atoms with E-state index in [1.165, 1.54) is 12.8 Å². The predicted molar refractivity (Wildman–Crippen MR) is 37.3 cm³/mol. The second-order valence-electron chi connectivity index (χ2n) is 1.96. The highest BCUT2D eigenvalue weighted by Gasteiger charge is 1.93. The molecule has 0 aliphatic carbocycles. The number of hydrogen-bond acceptors (Lipinski definition) is 1. The van der Waals surface area contributed by atoms with Gasteiger partial charge >= 0.3 is 0 Å². The predicted octanol–water partition coefficient (Wildman–Crippen LogP) is 0.288. The topological polar surface area (TPSA) is 26.0 Å². The van der Waals surface area contributed by atoms with Crippen LogP contribution in [0.25, 0.3) is 0 Å². The van der Waals surface area contributed by atoms with E-state index in [0.29, 0.717) is 5.67 Å². The zero-order valence-corrected chi connectivity index (χ0v) is 6.69. The largest absolute Gasteiger partial charge is 0.331 e. The molecule has 7 heavy (non-hydrogen) atoms. The first kappa shape index (κ1) is 7.18. The molecular formula is C5H15NSi. The molecular weight excluding hydrogens is 102 g/mol. The molecule has 0 aromatic carbocycles. The van der Waals surface area contributed by atoms with E-state index >= 15 is 0 Å². The van der Waals surface area contributed by atoms with Crippen molar-refractivity contribution in [2.75, 3.05) is 0 Å². The van der Waals surface area contributed by atoms with Crippen LogP contribution in [0.1, 0.15) is 19.8 Å². The van der Waals surface area contributed by atoms with Gasteiger partial charge in [-0.15, -0.1) is 0 Å². The third-order valence-electron chi connectivity index (χ3n) is 1.18. The summed E-state index contributed by atoms with van der Waals surface area (Å²) in [5, 5.41) is 0. The molecule has 0 amide bonds. The molecule has 0 aromatic heterocycles. The Kier molecular flexibility index (Phi) is 4.45. The van der Waals surface area contributed by atoms with Gasteiger partial charge in [-0.1, -0.05) is 19.9 Å². The first-order valence-electron chi connectivity index (χ1n) is 3.06. The lowest BCUT2D eigenvalue weighted by Gasteiger charge is -2.02. The van der Waals surface area contributed by atoms with E-state index in [2.05, 4.69) is 13.5 Å². The van der Waals surface area contributed by atoms with Crippen LogP contribution in [-0.4, -0.2) is 15.2 Å². The molecule has 1 atom stereocenters. The Morgan fingerprint density at radius 1 is 1.71 bits per heavy atom. The maximum Gasteiger partial charge on any atom is 0.0371 e. The Hall–Kier alpha value is 0.177. The van der Waals surface area contributed by atoms with E-state index in [0.717, 1.165) is 0 Å². The molecule has 2 heteroatoms. The van der Waals surface area contributed by atoms with E-state index in [1.54, 1.807) is 0 Å². The number of rotatable bonds is 3. The Morgan fingerprint density at radius 2 is 2.29 bits per heavy atom. The zero-order valence-electron chi connectivity index (χ0n) is 5.28. The van der Waals surface area contributed by atoms with Crippen molar-refractivity contribution >= 4 is 9.52 Å². The fourth-order valence-corrected chi connectivity index (χ4v) is 1.39. The van der Waals surface area contributed by atoms with E-state index in [4.69, 9.17) is 5.73 Å². The van der Waals surface area contributed by atoms with E-state index in [-0.39, 0.29) is 9.52 Å². The second-order valence-corrected chi connectivity index (χ2v) is 3.82. The van der Waals surface area contributed by atoms with Crippen molar-refractivity contribution in [3.63, 3.8) is 0 Å². The van der Waals surface area contributed by atoms with Crippen molar-refractivity contribution in [2.24, 2.45) is 5.73 Å². The molecule has 0 aromatic rings. The van der Waals surface area contributed by atoms with Crippen molar-refractivity contribution in [1.29, 1.82) is 0 Å². The molecule has 0 rings (SSSR count). The minimum absolute atomic E-state index is 0.105. The lowest BCUT2D eigenvalue weighted by atomic mass is 10.3. The molecule has 0 saturated carbocycles. The summed E-state index contributed by atoms with van der Waals surface area (Å²) >= 11 is 0. The molecule has 0 heterocycles. The average Bonchev–Trinajstić information content (AvgIpc) is 1.68. The molecule has 0 bridgehead atoms. The SMILES string of the molecule is CCCC(N)[SiH2]C. The van der Waals surface area contributed by atoms with Crippen LogP contribution >= 0.6 is 0 Å². The van der Waals surface area contributed by atoms with Crippen LogP contribution in [0.2, 0.25) is 6.55 Å². The summed E-state index contributed by atoms with van der Waals surface area (Å²) in [6, 6.07) is 0. The fourth-order valence-electron chi connectivity index (χ4n) is 0.575. The van der Waals surface area contributed by atoms with Gasteiger partial charge in [-0.2, -0.15) is 0 Å². The van der Waals surface area contributed by atoms with Crippen LogP contribution in [0.4, 0.5) is 0 Å². The Balaban J connectivity index is 2.83. The Bertz CT molecular complexity index is 39.1. The normalized spacial score (nSPS) is 15.9. The van der Waals surface area contributed by atoms with Gasteiger partial charge in [0.15, 0.2) is 0 Å². The highest BCUT2D eigenvalue weighted by Crippen LogP contribution is 1.88. The first-order valence-corrected chi connectivity index (χ1v) is 5.29. The Labute approximate surface area is 48.1 Å². The molecule has 1 unspecified atom stereocenters. The summed E-state index contributed by atoms with van der Waals surface area (Å²) in [5.41, 5.74) is 6.23. The van der Waals surface area contributed by atoms with Crippen LogP contribution in [0.3, 0.4) is 0 Å². The number of nitrogens with two attached hydrogens (primary N) is 1. The summed E-state index contributed by atoms with van der Waals surface area (Å²) in [5.74, 6) is 0. The highest BCUT2D eigenvalue weighted by molar-refractivity contribution is 6.35. The highest BCUT2D eigenvalue weighted by atomic mass is 28.2. The first-order chi connectivity index (χ1) is 3.31. The second kappa shape index (κ2) is 4.34. The molecule has 1 nitrogen and oxygen atoms in total. The third kappa shape index (κ3) is 4.02. The monoisotopic (exact) mass is 117 g/mol. The van der Waals surface area contributed by atoms with Gasteiger partial charge < -0.3 is 5.73 Å². The molecule has 0 aliphatic heterocycles. The smallest absolute Gasteiger partial charge is 0.0371 e. The van der Waals surface area contributed by atoms with Crippen LogP contribution < -0.4 is 5.73 Å². The summed E-state index contributed by atoms with van der Waals surface area (Å²) in [4.78, 5) is 0. The van der Waals surface area contributed by atoms with Gasteiger partial charge in [0.1, 0.15) is 0 Å². The molecule has 0 fully saturated rings. The van der Waals surface area contributed by atoms with Crippen LogP contribution in [0, 0.1) is 0 Å². The van der Waals surface area contributed by atoms with Gasteiger partial charge in [0, 0.05) is 9.52 Å². The molecule has 44 valence electrons. The van der Waals surface area contributed by atoms with E-state index < -0.39 is 0 Å². The summed E-state index contributed by atoms with van der Waals surface area (Å²) < 4.78 is 0. The molecule has 0 radical (unpaired) electrons. The summed E-state index contributed by atoms with van der Waals surface area (Å²) in [7, 11) is 0.105. The maximum atomic E-state index is 5.65. The van der Waals surface area contributed by atoms with Gasteiger partial charge in [0.25, 0.3) is 0 Å². The summed E-state index contributed by atoms with van der Waals surface area (Å²) in [6.07, 6.45) is 2.49. The minimum atomic E-state index is 0.105. The van der Waals surface area contributed by atoms with Crippen molar-refractivity contribution in [1.82, 2.24) is 0 Å². The van der Waals surface area contributed by atoms with Gasteiger partial charge in [0.05, 0.1) is 0 Å². The minimum Gasteiger partial charge on any atom is -0.331 e. The standard InChI is InChI=1S/C5H15NSi/c1-3-4-5(6)7-2/h5H,3-4,6-7H2,1-2H3. The van der Waals surface area contributed by atoms with Gasteiger partial charge in [-0.3, -0.25) is 0 Å². The lowest BCUT2D eigenvalue weighted by molar-refractivity contribution is 0.750. The van der Waals surface area contributed by atoms with Crippen LogP contribution in [0.5, 0.6) is 0 Å². The van der Waals surface area contributed by atoms with Crippen molar-refractivity contribution < 1.29 is 0 Å². The van der Waals surface area contributed by atoms with E-state index in [9.17, 15) is 0 Å².